The maximum Gasteiger partial charge on any atom is 0.131 e. The predicted molar refractivity (Wildman–Crippen MR) is 79.5 cm³/mol. The normalized spacial score (nSPS) is 10.9. The summed E-state index contributed by atoms with van der Waals surface area (Å²) in [6.07, 6.45) is 1.05. The van der Waals surface area contributed by atoms with E-state index in [0.717, 1.165) is 40.3 Å². The van der Waals surface area contributed by atoms with Gasteiger partial charge in [0.25, 0.3) is 0 Å². The number of benzene rings is 1. The van der Waals surface area contributed by atoms with Crippen molar-refractivity contribution in [2.75, 3.05) is 5.73 Å². The van der Waals surface area contributed by atoms with Crippen molar-refractivity contribution in [3.63, 3.8) is 0 Å². The van der Waals surface area contributed by atoms with Crippen molar-refractivity contribution in [3.05, 3.63) is 34.1 Å². The Hall–Kier alpha value is -1.29. The third-order valence-corrected chi connectivity index (χ3v) is 3.68. The second kappa shape index (κ2) is 5.14. The minimum atomic E-state index is 0.749. The molecule has 0 aliphatic heterocycles. The summed E-state index contributed by atoms with van der Waals surface area (Å²) in [7, 11) is 0. The Kier molecular flexibility index (Phi) is 3.76. The van der Waals surface area contributed by atoms with Crippen LogP contribution in [0.5, 0.6) is 0 Å². The Balaban J connectivity index is 2.54. The van der Waals surface area contributed by atoms with E-state index < -0.39 is 0 Å². The van der Waals surface area contributed by atoms with Gasteiger partial charge in [-0.1, -0.05) is 35.0 Å². The van der Waals surface area contributed by atoms with Gasteiger partial charge in [0, 0.05) is 16.6 Å². The van der Waals surface area contributed by atoms with Crippen molar-refractivity contribution in [3.8, 4) is 11.3 Å². The number of halogens is 1. The number of nitrogens with zero attached hydrogens (tertiary/aromatic N) is 2. The highest BCUT2D eigenvalue weighted by atomic mass is 79.9. The van der Waals surface area contributed by atoms with Crippen molar-refractivity contribution in [1.29, 1.82) is 0 Å². The first-order valence-electron chi connectivity index (χ1n) is 6.13. The maximum absolute atomic E-state index is 6.21. The smallest absolute Gasteiger partial charge is 0.131 e. The lowest BCUT2D eigenvalue weighted by Gasteiger charge is -2.07. The molecule has 0 bridgehead atoms. The Morgan fingerprint density at radius 3 is 2.67 bits per heavy atom. The summed E-state index contributed by atoms with van der Waals surface area (Å²) in [5.74, 6) is 1.72. The molecule has 0 fully saturated rings. The Bertz CT molecular complexity index is 573. The summed E-state index contributed by atoms with van der Waals surface area (Å²) in [6, 6.07) is 6.23. The molecule has 0 saturated heterocycles. The molecule has 18 heavy (non-hydrogen) atoms. The van der Waals surface area contributed by atoms with Gasteiger partial charge in [-0.05, 0) is 31.9 Å². The molecule has 0 saturated carbocycles. The van der Waals surface area contributed by atoms with Crippen LogP contribution in [0.25, 0.3) is 11.3 Å². The molecule has 2 N–H and O–H groups in total. The molecule has 4 heteroatoms. The van der Waals surface area contributed by atoms with E-state index >= 15 is 0 Å². The number of nitrogens with two attached hydrogens (primary N) is 1. The quantitative estimate of drug-likeness (QED) is 0.934. The van der Waals surface area contributed by atoms with Crippen LogP contribution in [0.1, 0.15) is 24.7 Å². The van der Waals surface area contributed by atoms with Gasteiger partial charge < -0.3 is 10.3 Å². The van der Waals surface area contributed by atoms with Gasteiger partial charge in [0.15, 0.2) is 0 Å². The first-order chi connectivity index (χ1) is 8.54. The van der Waals surface area contributed by atoms with E-state index in [2.05, 4.69) is 57.5 Å². The standard InChI is InChI=1S/C14H18BrN3/c1-4-7-18-10(3)17-13(14(18)16)11-6-5-9(2)8-12(11)15/h5-6,8H,4,7,16H2,1-3H3. The zero-order valence-electron chi connectivity index (χ0n) is 11.0. The molecule has 1 aromatic carbocycles. The molecule has 0 amide bonds. The third-order valence-electron chi connectivity index (χ3n) is 3.02. The van der Waals surface area contributed by atoms with E-state index in [4.69, 9.17) is 5.73 Å². The molecular formula is C14H18BrN3. The van der Waals surface area contributed by atoms with Crippen molar-refractivity contribution < 1.29 is 0 Å². The summed E-state index contributed by atoms with van der Waals surface area (Å²) in [5.41, 5.74) is 9.35. The lowest BCUT2D eigenvalue weighted by Crippen LogP contribution is -2.04. The molecule has 96 valence electrons. The highest BCUT2D eigenvalue weighted by Crippen LogP contribution is 2.32. The van der Waals surface area contributed by atoms with Crippen LogP contribution >= 0.6 is 15.9 Å². The molecule has 0 unspecified atom stereocenters. The minimum Gasteiger partial charge on any atom is -0.383 e. The van der Waals surface area contributed by atoms with Crippen LogP contribution in [-0.2, 0) is 6.54 Å². The summed E-state index contributed by atoms with van der Waals surface area (Å²) in [5, 5.41) is 0. The number of anilines is 1. The van der Waals surface area contributed by atoms with Crippen LogP contribution in [0.2, 0.25) is 0 Å². The predicted octanol–water partition coefficient (Wildman–Crippen LogP) is 3.92. The summed E-state index contributed by atoms with van der Waals surface area (Å²) in [4.78, 5) is 4.60. The lowest BCUT2D eigenvalue weighted by molar-refractivity contribution is 0.665. The first-order valence-corrected chi connectivity index (χ1v) is 6.93. The zero-order valence-corrected chi connectivity index (χ0v) is 12.6. The van der Waals surface area contributed by atoms with Crippen LogP contribution in [0.4, 0.5) is 5.82 Å². The van der Waals surface area contributed by atoms with E-state index in [1.165, 1.54) is 5.56 Å². The highest BCUT2D eigenvalue weighted by molar-refractivity contribution is 9.10. The van der Waals surface area contributed by atoms with Crippen LogP contribution < -0.4 is 5.73 Å². The fourth-order valence-corrected chi connectivity index (χ4v) is 2.78. The van der Waals surface area contributed by atoms with Gasteiger partial charge in [0.05, 0.1) is 0 Å². The van der Waals surface area contributed by atoms with Crippen LogP contribution in [0, 0.1) is 13.8 Å². The Morgan fingerprint density at radius 1 is 1.33 bits per heavy atom. The van der Waals surface area contributed by atoms with E-state index in [1.807, 2.05) is 6.92 Å². The fourth-order valence-electron chi connectivity index (χ4n) is 2.10. The second-order valence-electron chi connectivity index (χ2n) is 4.53. The second-order valence-corrected chi connectivity index (χ2v) is 5.38. The number of nitrogen functional groups attached to an aromatic ring is 1. The number of hydrogen-bond acceptors (Lipinski definition) is 2. The number of aromatic nitrogens is 2. The SMILES string of the molecule is CCCn1c(C)nc(-c2ccc(C)cc2Br)c1N. The van der Waals surface area contributed by atoms with Crippen molar-refractivity contribution in [2.24, 2.45) is 0 Å². The average molecular weight is 308 g/mol. The molecular weight excluding hydrogens is 290 g/mol. The molecule has 1 heterocycles. The van der Waals surface area contributed by atoms with Crippen LogP contribution in [0.15, 0.2) is 22.7 Å². The molecule has 0 spiro atoms. The number of aryl methyl sites for hydroxylation is 2. The number of hydrogen-bond donors (Lipinski definition) is 1. The molecule has 2 rings (SSSR count). The van der Waals surface area contributed by atoms with Gasteiger partial charge in [-0.3, -0.25) is 0 Å². The highest BCUT2D eigenvalue weighted by Gasteiger charge is 2.15. The number of rotatable bonds is 3. The average Bonchev–Trinajstić information content (AvgIpc) is 2.58. The summed E-state index contributed by atoms with van der Waals surface area (Å²) in [6.45, 7) is 7.12. The molecule has 0 aliphatic rings. The fraction of sp³-hybridized carbons (Fsp3) is 0.357. The minimum absolute atomic E-state index is 0.749. The monoisotopic (exact) mass is 307 g/mol. The Labute approximate surface area is 116 Å². The molecule has 0 radical (unpaired) electrons. The largest absolute Gasteiger partial charge is 0.383 e. The first kappa shape index (κ1) is 13.1. The van der Waals surface area contributed by atoms with Gasteiger partial charge in [-0.15, -0.1) is 0 Å². The number of imidazole rings is 1. The van der Waals surface area contributed by atoms with Crippen molar-refractivity contribution in [2.45, 2.75) is 33.7 Å². The summed E-state index contributed by atoms with van der Waals surface area (Å²) < 4.78 is 3.11. The maximum atomic E-state index is 6.21. The third kappa shape index (κ3) is 2.29. The van der Waals surface area contributed by atoms with E-state index in [1.54, 1.807) is 0 Å². The van der Waals surface area contributed by atoms with Gasteiger partial charge >= 0.3 is 0 Å². The molecule has 1 aromatic heterocycles. The molecule has 0 atom stereocenters. The van der Waals surface area contributed by atoms with Crippen molar-refractivity contribution >= 4 is 21.7 Å². The van der Waals surface area contributed by atoms with Gasteiger partial charge in [0.1, 0.15) is 17.3 Å². The topological polar surface area (TPSA) is 43.8 Å². The Morgan fingerprint density at radius 2 is 2.06 bits per heavy atom. The molecule has 2 aromatic rings. The lowest BCUT2D eigenvalue weighted by atomic mass is 10.1. The van der Waals surface area contributed by atoms with Gasteiger partial charge in [-0.25, -0.2) is 4.98 Å². The molecule has 0 aliphatic carbocycles. The van der Waals surface area contributed by atoms with Gasteiger partial charge in [0.2, 0.25) is 0 Å². The molecule has 3 nitrogen and oxygen atoms in total. The van der Waals surface area contributed by atoms with E-state index in [0.29, 0.717) is 0 Å². The van der Waals surface area contributed by atoms with Crippen molar-refractivity contribution in [1.82, 2.24) is 9.55 Å². The zero-order chi connectivity index (χ0) is 13.3. The van der Waals surface area contributed by atoms with Crippen LogP contribution in [-0.4, -0.2) is 9.55 Å². The van der Waals surface area contributed by atoms with E-state index in [-0.39, 0.29) is 0 Å². The van der Waals surface area contributed by atoms with Crippen LogP contribution in [0.3, 0.4) is 0 Å². The van der Waals surface area contributed by atoms with Gasteiger partial charge in [-0.2, -0.15) is 0 Å². The van der Waals surface area contributed by atoms with E-state index in [9.17, 15) is 0 Å². The summed E-state index contributed by atoms with van der Waals surface area (Å²) >= 11 is 3.59.